The van der Waals surface area contributed by atoms with Gasteiger partial charge in [0.15, 0.2) is 0 Å². The minimum Gasteiger partial charge on any atom is -0.323 e. The molecule has 0 bridgehead atoms. The first kappa shape index (κ1) is 16.0. The molecule has 0 saturated carbocycles. The summed E-state index contributed by atoms with van der Waals surface area (Å²) < 4.78 is 0. The third-order valence-electron chi connectivity index (χ3n) is 3.99. The average Bonchev–Trinajstić information content (AvgIpc) is 3.00. The Morgan fingerprint density at radius 2 is 1.96 bits per heavy atom. The van der Waals surface area contributed by atoms with Crippen molar-refractivity contribution in [3.8, 4) is 0 Å². The molecule has 2 aromatic carbocycles. The number of hydrogen-bond acceptors (Lipinski definition) is 2. The van der Waals surface area contributed by atoms with E-state index in [1.54, 1.807) is 11.0 Å². The Hall–Kier alpha value is -2.88. The summed E-state index contributed by atoms with van der Waals surface area (Å²) >= 11 is 0. The van der Waals surface area contributed by atoms with Crippen LogP contribution < -0.4 is 10.2 Å². The average molecular weight is 320 g/mol. The van der Waals surface area contributed by atoms with Gasteiger partial charge in [-0.15, -0.1) is 0 Å². The van der Waals surface area contributed by atoms with Gasteiger partial charge in [0.1, 0.15) is 0 Å². The Morgan fingerprint density at radius 3 is 2.62 bits per heavy atom. The summed E-state index contributed by atoms with van der Waals surface area (Å²) in [6.07, 6.45) is 4.83. The molecule has 2 amide bonds. The Balaban J connectivity index is 1.61. The highest BCUT2D eigenvalue weighted by molar-refractivity contribution is 6.02. The van der Waals surface area contributed by atoms with Crippen molar-refractivity contribution in [3.05, 3.63) is 65.7 Å². The molecule has 0 radical (unpaired) electrons. The van der Waals surface area contributed by atoms with Crippen molar-refractivity contribution in [2.75, 3.05) is 16.8 Å². The van der Waals surface area contributed by atoms with Gasteiger partial charge in [0, 0.05) is 30.4 Å². The summed E-state index contributed by atoms with van der Waals surface area (Å²) in [5.74, 6) is -0.0191. The van der Waals surface area contributed by atoms with E-state index in [-0.39, 0.29) is 11.8 Å². The highest BCUT2D eigenvalue weighted by Gasteiger charge is 2.21. The van der Waals surface area contributed by atoms with Gasteiger partial charge < -0.3 is 10.2 Å². The normalized spacial score (nSPS) is 14.4. The van der Waals surface area contributed by atoms with Gasteiger partial charge in [0.25, 0.3) is 0 Å². The third kappa shape index (κ3) is 3.90. The maximum Gasteiger partial charge on any atom is 0.248 e. The zero-order valence-electron chi connectivity index (χ0n) is 13.7. The van der Waals surface area contributed by atoms with Gasteiger partial charge >= 0.3 is 0 Å². The number of benzene rings is 2. The summed E-state index contributed by atoms with van der Waals surface area (Å²) in [6, 6.07) is 15.3. The molecule has 122 valence electrons. The largest absolute Gasteiger partial charge is 0.323 e. The van der Waals surface area contributed by atoms with Gasteiger partial charge in [-0.2, -0.15) is 0 Å². The van der Waals surface area contributed by atoms with E-state index < -0.39 is 0 Å². The second-order valence-electron chi connectivity index (χ2n) is 5.93. The molecule has 2 aromatic rings. The van der Waals surface area contributed by atoms with Crippen LogP contribution in [0.5, 0.6) is 0 Å². The molecule has 4 heteroatoms. The highest BCUT2D eigenvalue weighted by atomic mass is 16.2. The number of nitrogens with zero attached hydrogens (tertiary/aromatic N) is 1. The van der Waals surface area contributed by atoms with Gasteiger partial charge in [0.05, 0.1) is 0 Å². The number of anilines is 2. The SMILES string of the molecule is Cc1cccc(/C=C/C(=O)Nc2ccc(N3CCCC3=O)cc2)c1. The second kappa shape index (κ2) is 7.13. The Morgan fingerprint density at radius 1 is 1.17 bits per heavy atom. The molecule has 0 aliphatic carbocycles. The van der Waals surface area contributed by atoms with Gasteiger partial charge in [-0.25, -0.2) is 0 Å². The molecule has 1 aliphatic heterocycles. The first-order valence-electron chi connectivity index (χ1n) is 8.08. The van der Waals surface area contributed by atoms with Crippen molar-refractivity contribution < 1.29 is 9.59 Å². The molecule has 1 saturated heterocycles. The second-order valence-corrected chi connectivity index (χ2v) is 5.93. The Kier molecular flexibility index (Phi) is 4.75. The molecule has 1 heterocycles. The summed E-state index contributed by atoms with van der Waals surface area (Å²) in [4.78, 5) is 25.5. The highest BCUT2D eigenvalue weighted by Crippen LogP contribution is 2.23. The van der Waals surface area contributed by atoms with Crippen molar-refractivity contribution in [1.82, 2.24) is 0 Å². The molecule has 0 aromatic heterocycles. The molecule has 0 spiro atoms. The zero-order chi connectivity index (χ0) is 16.9. The van der Waals surface area contributed by atoms with Crippen LogP contribution in [0.2, 0.25) is 0 Å². The van der Waals surface area contributed by atoms with E-state index in [1.807, 2.05) is 55.5 Å². The summed E-state index contributed by atoms with van der Waals surface area (Å²) in [5, 5.41) is 2.83. The van der Waals surface area contributed by atoms with Crippen LogP contribution in [0.1, 0.15) is 24.0 Å². The van der Waals surface area contributed by atoms with Gasteiger partial charge in [0.2, 0.25) is 11.8 Å². The minimum atomic E-state index is -0.179. The predicted octanol–water partition coefficient (Wildman–Crippen LogP) is 3.77. The molecule has 0 unspecified atom stereocenters. The first-order valence-corrected chi connectivity index (χ1v) is 8.08. The maximum atomic E-state index is 12.0. The molecule has 1 fully saturated rings. The van der Waals surface area contributed by atoms with Crippen LogP contribution in [0.4, 0.5) is 11.4 Å². The maximum absolute atomic E-state index is 12.0. The standard InChI is InChI=1S/C20H20N2O2/c1-15-4-2-5-16(14-15)7-12-19(23)21-17-8-10-18(11-9-17)22-13-3-6-20(22)24/h2,4-5,7-12,14H,3,6,13H2,1H3,(H,21,23)/b12-7+. The molecule has 4 nitrogen and oxygen atoms in total. The van der Waals surface area contributed by atoms with Crippen molar-refractivity contribution in [3.63, 3.8) is 0 Å². The van der Waals surface area contributed by atoms with Crippen molar-refractivity contribution in [2.24, 2.45) is 0 Å². The predicted molar refractivity (Wildman–Crippen MR) is 96.9 cm³/mol. The number of hydrogen-bond donors (Lipinski definition) is 1. The van der Waals surface area contributed by atoms with Crippen LogP contribution in [0.15, 0.2) is 54.6 Å². The van der Waals surface area contributed by atoms with Gasteiger partial charge in [-0.1, -0.05) is 29.8 Å². The number of amides is 2. The molecule has 1 N–H and O–H groups in total. The van der Waals surface area contributed by atoms with Crippen LogP contribution in [-0.2, 0) is 9.59 Å². The molecule has 3 rings (SSSR count). The van der Waals surface area contributed by atoms with Crippen LogP contribution in [0, 0.1) is 6.92 Å². The van der Waals surface area contributed by atoms with Crippen LogP contribution in [0.3, 0.4) is 0 Å². The topological polar surface area (TPSA) is 49.4 Å². The fourth-order valence-corrected chi connectivity index (χ4v) is 2.78. The lowest BCUT2D eigenvalue weighted by Gasteiger charge is -2.15. The summed E-state index contributed by atoms with van der Waals surface area (Å²) in [5.41, 5.74) is 3.74. The lowest BCUT2D eigenvalue weighted by atomic mass is 10.1. The van der Waals surface area contributed by atoms with E-state index in [9.17, 15) is 9.59 Å². The monoisotopic (exact) mass is 320 g/mol. The number of nitrogens with one attached hydrogen (secondary N) is 1. The lowest BCUT2D eigenvalue weighted by molar-refractivity contribution is -0.117. The van der Waals surface area contributed by atoms with E-state index in [2.05, 4.69) is 5.32 Å². The number of carbonyl (C=O) groups is 2. The lowest BCUT2D eigenvalue weighted by Crippen LogP contribution is -2.23. The van der Waals surface area contributed by atoms with E-state index in [0.717, 1.165) is 29.8 Å². The first-order chi connectivity index (χ1) is 11.6. The minimum absolute atomic E-state index is 0.160. The fourth-order valence-electron chi connectivity index (χ4n) is 2.78. The molecular weight excluding hydrogens is 300 g/mol. The summed E-state index contributed by atoms with van der Waals surface area (Å²) in [6.45, 7) is 2.79. The third-order valence-corrected chi connectivity index (χ3v) is 3.99. The van der Waals surface area contributed by atoms with Crippen LogP contribution in [0.25, 0.3) is 6.08 Å². The fraction of sp³-hybridized carbons (Fsp3) is 0.200. The van der Waals surface area contributed by atoms with E-state index >= 15 is 0 Å². The van der Waals surface area contributed by atoms with Gasteiger partial charge in [-0.3, -0.25) is 9.59 Å². The van der Waals surface area contributed by atoms with Crippen LogP contribution >= 0.6 is 0 Å². The zero-order valence-corrected chi connectivity index (χ0v) is 13.7. The van der Waals surface area contributed by atoms with E-state index in [0.29, 0.717) is 12.1 Å². The Labute approximate surface area is 141 Å². The van der Waals surface area contributed by atoms with E-state index in [4.69, 9.17) is 0 Å². The molecule has 24 heavy (non-hydrogen) atoms. The molecule has 1 aliphatic rings. The van der Waals surface area contributed by atoms with Crippen molar-refractivity contribution >= 4 is 29.3 Å². The van der Waals surface area contributed by atoms with Crippen molar-refractivity contribution in [2.45, 2.75) is 19.8 Å². The number of rotatable bonds is 4. The van der Waals surface area contributed by atoms with E-state index in [1.165, 1.54) is 6.08 Å². The quantitative estimate of drug-likeness (QED) is 0.872. The number of aryl methyl sites for hydroxylation is 1. The van der Waals surface area contributed by atoms with Gasteiger partial charge in [-0.05, 0) is 49.2 Å². The van der Waals surface area contributed by atoms with Crippen molar-refractivity contribution in [1.29, 1.82) is 0 Å². The number of carbonyl (C=O) groups excluding carboxylic acids is 2. The van der Waals surface area contributed by atoms with Crippen LogP contribution in [-0.4, -0.2) is 18.4 Å². The Bertz CT molecular complexity index is 778. The molecular formula is C20H20N2O2. The smallest absolute Gasteiger partial charge is 0.248 e. The summed E-state index contributed by atoms with van der Waals surface area (Å²) in [7, 11) is 0. The molecule has 0 atom stereocenters.